The predicted octanol–water partition coefficient (Wildman–Crippen LogP) is 4.97. The first-order valence-electron chi connectivity index (χ1n) is 12.6. The molecule has 0 atom stereocenters. The van der Waals surface area contributed by atoms with Gasteiger partial charge in [0, 0.05) is 43.8 Å². The minimum atomic E-state index is -0.406. The molecule has 0 spiro atoms. The van der Waals surface area contributed by atoms with Gasteiger partial charge in [-0.05, 0) is 70.1 Å². The predicted molar refractivity (Wildman–Crippen MR) is 138 cm³/mol. The molecule has 186 valence electrons. The maximum Gasteiger partial charge on any atom is 0.225 e. The molecule has 2 aliphatic heterocycles. The van der Waals surface area contributed by atoms with Gasteiger partial charge in [0.15, 0.2) is 0 Å². The highest BCUT2D eigenvalue weighted by Crippen LogP contribution is 2.27. The summed E-state index contributed by atoms with van der Waals surface area (Å²) in [4.78, 5) is 24.7. The van der Waals surface area contributed by atoms with Gasteiger partial charge in [-0.3, -0.25) is 9.69 Å². The fourth-order valence-electron chi connectivity index (χ4n) is 5.45. The number of carbonyl (C=O) groups is 1. The van der Waals surface area contributed by atoms with E-state index in [1.807, 2.05) is 11.0 Å². The summed E-state index contributed by atoms with van der Waals surface area (Å²) < 4.78 is 15.8. The van der Waals surface area contributed by atoms with Crippen LogP contribution in [0.1, 0.15) is 38.6 Å². The van der Waals surface area contributed by atoms with Crippen molar-refractivity contribution in [1.82, 2.24) is 19.4 Å². The number of likely N-dealkylation sites (tertiary alicyclic amines) is 1. The van der Waals surface area contributed by atoms with E-state index in [4.69, 9.17) is 16.6 Å². The second-order valence-corrected chi connectivity index (χ2v) is 10.3. The molecule has 0 bridgehead atoms. The highest BCUT2D eigenvalue weighted by Gasteiger charge is 2.31. The molecule has 8 heteroatoms. The van der Waals surface area contributed by atoms with Gasteiger partial charge in [-0.25, -0.2) is 9.37 Å². The van der Waals surface area contributed by atoms with E-state index in [1.54, 1.807) is 12.1 Å². The summed E-state index contributed by atoms with van der Waals surface area (Å²) in [6.07, 6.45) is 1.77. The Morgan fingerprint density at radius 1 is 1.06 bits per heavy atom. The number of hydrogen-bond acceptors (Lipinski definition) is 4. The molecule has 5 rings (SSSR count). The fraction of sp³-hybridized carbons (Fsp3) is 0.481. The normalized spacial score (nSPS) is 18.1. The number of aromatic nitrogens is 2. The third-order valence-electron chi connectivity index (χ3n) is 7.35. The van der Waals surface area contributed by atoms with Crippen molar-refractivity contribution < 1.29 is 9.18 Å². The molecule has 0 N–H and O–H groups in total. The Morgan fingerprint density at radius 2 is 1.77 bits per heavy atom. The molecule has 3 heterocycles. The summed E-state index contributed by atoms with van der Waals surface area (Å²) >= 11 is 5.95. The maximum absolute atomic E-state index is 13.5. The van der Waals surface area contributed by atoms with Crippen LogP contribution in [0.2, 0.25) is 5.02 Å². The van der Waals surface area contributed by atoms with Crippen molar-refractivity contribution >= 4 is 34.2 Å². The molecule has 0 unspecified atom stereocenters. The number of piperazine rings is 1. The molecule has 2 aromatic carbocycles. The summed E-state index contributed by atoms with van der Waals surface area (Å²) in [5.74, 6) is 1.05. The molecule has 2 saturated heterocycles. The van der Waals surface area contributed by atoms with Crippen molar-refractivity contribution in [2.24, 2.45) is 5.92 Å². The summed E-state index contributed by atoms with van der Waals surface area (Å²) in [6, 6.07) is 13.5. The van der Waals surface area contributed by atoms with Crippen LogP contribution in [0.25, 0.3) is 11.0 Å². The van der Waals surface area contributed by atoms with Crippen LogP contribution in [0, 0.1) is 11.7 Å². The van der Waals surface area contributed by atoms with E-state index in [1.165, 1.54) is 11.6 Å². The number of anilines is 1. The summed E-state index contributed by atoms with van der Waals surface area (Å²) in [7, 11) is 0. The van der Waals surface area contributed by atoms with E-state index in [0.717, 1.165) is 62.6 Å². The lowest BCUT2D eigenvalue weighted by molar-refractivity contribution is -0.137. The third-order valence-corrected chi connectivity index (χ3v) is 7.64. The molecule has 6 nitrogen and oxygen atoms in total. The molecule has 0 saturated carbocycles. The van der Waals surface area contributed by atoms with Crippen LogP contribution in [0.5, 0.6) is 0 Å². The molecule has 1 amide bonds. The van der Waals surface area contributed by atoms with Crippen LogP contribution in [-0.4, -0.2) is 64.5 Å². The molecule has 0 radical (unpaired) electrons. The Bertz CT molecular complexity index is 1200. The molecule has 0 aliphatic carbocycles. The SMILES string of the molecule is CC(C)n1c(CN2CCC(C(=O)N3CCN(c4ccc(F)c(Cl)c4)CC3)CC2)nc2ccccc21. The van der Waals surface area contributed by atoms with E-state index in [0.29, 0.717) is 19.1 Å². The van der Waals surface area contributed by atoms with Gasteiger partial charge >= 0.3 is 0 Å². The standard InChI is InChI=1S/C27H33ClFN5O/c1-19(2)34-25-6-4-3-5-24(25)30-26(34)18-31-11-9-20(10-12-31)27(35)33-15-13-32(14-16-33)21-7-8-23(29)22(28)17-21/h3-8,17,19-20H,9-16,18H2,1-2H3. The molecule has 2 aliphatic rings. The van der Waals surface area contributed by atoms with Crippen LogP contribution in [0.3, 0.4) is 0 Å². The van der Waals surface area contributed by atoms with Gasteiger partial charge < -0.3 is 14.4 Å². The Labute approximate surface area is 211 Å². The molecular weight excluding hydrogens is 465 g/mol. The first-order valence-corrected chi connectivity index (χ1v) is 13.0. The number of benzene rings is 2. The first-order chi connectivity index (χ1) is 16.9. The largest absolute Gasteiger partial charge is 0.368 e. The number of halogens is 2. The quantitative estimate of drug-likeness (QED) is 0.499. The number of piperidine rings is 1. The first kappa shape index (κ1) is 24.1. The number of rotatable bonds is 5. The lowest BCUT2D eigenvalue weighted by atomic mass is 9.95. The number of carbonyl (C=O) groups excluding carboxylic acids is 1. The van der Waals surface area contributed by atoms with Crippen molar-refractivity contribution in [1.29, 1.82) is 0 Å². The lowest BCUT2D eigenvalue weighted by Crippen LogP contribution is -2.51. The topological polar surface area (TPSA) is 44.6 Å². The van der Waals surface area contributed by atoms with Gasteiger partial charge in [0.2, 0.25) is 5.91 Å². The second kappa shape index (κ2) is 10.2. The van der Waals surface area contributed by atoms with Crippen LogP contribution < -0.4 is 4.90 Å². The molecule has 1 aromatic heterocycles. The highest BCUT2D eigenvalue weighted by molar-refractivity contribution is 6.31. The van der Waals surface area contributed by atoms with Crippen molar-refractivity contribution in [2.45, 2.75) is 39.3 Å². The Morgan fingerprint density at radius 3 is 2.46 bits per heavy atom. The van der Waals surface area contributed by atoms with E-state index < -0.39 is 5.82 Å². The summed E-state index contributed by atoms with van der Waals surface area (Å²) in [6.45, 7) is 9.87. The molecular formula is C27H33ClFN5O. The average molecular weight is 498 g/mol. The van der Waals surface area contributed by atoms with Crippen LogP contribution >= 0.6 is 11.6 Å². The highest BCUT2D eigenvalue weighted by atomic mass is 35.5. The molecule has 3 aromatic rings. The number of nitrogens with zero attached hydrogens (tertiary/aromatic N) is 5. The van der Waals surface area contributed by atoms with Gasteiger partial charge in [-0.1, -0.05) is 23.7 Å². The fourth-order valence-corrected chi connectivity index (χ4v) is 5.62. The minimum Gasteiger partial charge on any atom is -0.368 e. The monoisotopic (exact) mass is 497 g/mol. The van der Waals surface area contributed by atoms with Gasteiger partial charge in [0.1, 0.15) is 11.6 Å². The smallest absolute Gasteiger partial charge is 0.225 e. The lowest BCUT2D eigenvalue weighted by Gasteiger charge is -2.39. The Hall–Kier alpha value is -2.64. The van der Waals surface area contributed by atoms with E-state index in [-0.39, 0.29) is 16.8 Å². The second-order valence-electron chi connectivity index (χ2n) is 9.94. The average Bonchev–Trinajstić information content (AvgIpc) is 3.24. The number of imidazole rings is 1. The summed E-state index contributed by atoms with van der Waals surface area (Å²) in [5.41, 5.74) is 3.14. The zero-order chi connectivity index (χ0) is 24.5. The zero-order valence-corrected chi connectivity index (χ0v) is 21.2. The third kappa shape index (κ3) is 5.02. The van der Waals surface area contributed by atoms with Gasteiger partial charge in [-0.15, -0.1) is 0 Å². The van der Waals surface area contributed by atoms with E-state index in [9.17, 15) is 9.18 Å². The van der Waals surface area contributed by atoms with E-state index in [2.05, 4.69) is 46.4 Å². The Kier molecular flexibility index (Phi) is 6.98. The minimum absolute atomic E-state index is 0.0852. The zero-order valence-electron chi connectivity index (χ0n) is 20.5. The Balaban J connectivity index is 1.15. The van der Waals surface area contributed by atoms with Gasteiger partial charge in [0.25, 0.3) is 0 Å². The van der Waals surface area contributed by atoms with Gasteiger partial charge in [0.05, 0.1) is 22.6 Å². The number of para-hydroxylation sites is 2. The van der Waals surface area contributed by atoms with Gasteiger partial charge in [-0.2, -0.15) is 0 Å². The number of fused-ring (bicyclic) bond motifs is 1. The van der Waals surface area contributed by atoms with E-state index >= 15 is 0 Å². The van der Waals surface area contributed by atoms with Crippen molar-refractivity contribution in [3.05, 3.63) is 59.1 Å². The number of amides is 1. The summed E-state index contributed by atoms with van der Waals surface area (Å²) in [5, 5.41) is 0.136. The van der Waals surface area contributed by atoms with Crippen molar-refractivity contribution in [3.63, 3.8) is 0 Å². The maximum atomic E-state index is 13.5. The van der Waals surface area contributed by atoms with Crippen molar-refractivity contribution in [3.8, 4) is 0 Å². The van der Waals surface area contributed by atoms with Crippen LogP contribution in [0.4, 0.5) is 10.1 Å². The molecule has 35 heavy (non-hydrogen) atoms. The number of hydrogen-bond donors (Lipinski definition) is 0. The van der Waals surface area contributed by atoms with Crippen LogP contribution in [-0.2, 0) is 11.3 Å². The van der Waals surface area contributed by atoms with Crippen LogP contribution in [0.15, 0.2) is 42.5 Å². The molecule has 2 fully saturated rings. The van der Waals surface area contributed by atoms with Crippen molar-refractivity contribution in [2.75, 3.05) is 44.2 Å².